The summed E-state index contributed by atoms with van der Waals surface area (Å²) in [6.07, 6.45) is 0.804. The fourth-order valence-corrected chi connectivity index (χ4v) is 3.78. The molecule has 1 aromatic rings. The summed E-state index contributed by atoms with van der Waals surface area (Å²) in [4.78, 5) is 0.181. The van der Waals surface area contributed by atoms with Crippen molar-refractivity contribution >= 4 is 10.0 Å². The van der Waals surface area contributed by atoms with Crippen molar-refractivity contribution in [3.63, 3.8) is 0 Å². The van der Waals surface area contributed by atoms with E-state index in [1.165, 1.54) is 11.4 Å². The Kier molecular flexibility index (Phi) is 6.19. The van der Waals surface area contributed by atoms with Crippen molar-refractivity contribution in [2.45, 2.75) is 44.7 Å². The van der Waals surface area contributed by atoms with Crippen LogP contribution in [0.4, 0.5) is 0 Å². The van der Waals surface area contributed by atoms with Crippen molar-refractivity contribution < 1.29 is 13.2 Å². The summed E-state index contributed by atoms with van der Waals surface area (Å²) in [6, 6.07) is 4.88. The first-order valence-corrected chi connectivity index (χ1v) is 8.53. The largest absolute Gasteiger partial charge is 0.495 e. The third kappa shape index (κ3) is 4.18. The number of sulfonamides is 1. The first-order chi connectivity index (χ1) is 9.73. The molecule has 1 unspecified atom stereocenters. The summed E-state index contributed by atoms with van der Waals surface area (Å²) in [5.74, 6) is 0.765. The summed E-state index contributed by atoms with van der Waals surface area (Å²) in [5.41, 5.74) is 6.42. The molecular weight excluding hydrogens is 288 g/mol. The monoisotopic (exact) mass is 314 g/mol. The fourth-order valence-electron chi connectivity index (χ4n) is 2.27. The number of hydrogen-bond acceptors (Lipinski definition) is 4. The van der Waals surface area contributed by atoms with Gasteiger partial charge in [0.1, 0.15) is 10.6 Å². The van der Waals surface area contributed by atoms with E-state index in [2.05, 4.69) is 13.8 Å². The van der Waals surface area contributed by atoms with Gasteiger partial charge < -0.3 is 10.5 Å². The quantitative estimate of drug-likeness (QED) is 0.837. The molecule has 0 aromatic heterocycles. The molecule has 0 aliphatic rings. The molecule has 0 saturated heterocycles. The second kappa shape index (κ2) is 7.24. The molecule has 0 amide bonds. The standard InChI is InChI=1S/C15H26N2O3S/c1-11(2)8-12(3)17(4)21(18,19)15-7-6-13(10-16)9-14(15)20-5/h6-7,9,11-12H,8,10,16H2,1-5H3. The number of rotatable bonds is 7. The van der Waals surface area contributed by atoms with Crippen molar-refractivity contribution in [2.75, 3.05) is 14.2 Å². The van der Waals surface area contributed by atoms with E-state index in [9.17, 15) is 8.42 Å². The molecule has 2 N–H and O–H groups in total. The maximum absolute atomic E-state index is 12.7. The molecule has 0 spiro atoms. The lowest BCUT2D eigenvalue weighted by Crippen LogP contribution is -2.36. The zero-order valence-electron chi connectivity index (χ0n) is 13.5. The van der Waals surface area contributed by atoms with Crippen molar-refractivity contribution in [1.82, 2.24) is 4.31 Å². The van der Waals surface area contributed by atoms with Crippen LogP contribution < -0.4 is 10.5 Å². The molecule has 1 aromatic carbocycles. The predicted octanol–water partition coefficient (Wildman–Crippen LogP) is 2.21. The lowest BCUT2D eigenvalue weighted by atomic mass is 10.1. The number of methoxy groups -OCH3 is 1. The molecule has 0 bridgehead atoms. The molecule has 0 saturated carbocycles. The Morgan fingerprint density at radius 3 is 2.38 bits per heavy atom. The van der Waals surface area contributed by atoms with Crippen LogP contribution >= 0.6 is 0 Å². The van der Waals surface area contributed by atoms with Gasteiger partial charge in [0.2, 0.25) is 10.0 Å². The molecule has 0 aliphatic carbocycles. The molecule has 6 heteroatoms. The highest BCUT2D eigenvalue weighted by atomic mass is 32.2. The van der Waals surface area contributed by atoms with Gasteiger partial charge >= 0.3 is 0 Å². The van der Waals surface area contributed by atoms with Gasteiger partial charge in [-0.3, -0.25) is 0 Å². The Bertz CT molecular complexity index is 570. The normalized spacial score (nSPS) is 13.7. The van der Waals surface area contributed by atoms with Gasteiger partial charge in [-0.05, 0) is 37.0 Å². The van der Waals surface area contributed by atoms with Crippen LogP contribution in [0.25, 0.3) is 0 Å². The van der Waals surface area contributed by atoms with Crippen molar-refractivity contribution in [1.29, 1.82) is 0 Å². The summed E-state index contributed by atoms with van der Waals surface area (Å²) < 4.78 is 32.1. The Balaban J connectivity index is 3.18. The highest BCUT2D eigenvalue weighted by Crippen LogP contribution is 2.29. The number of ether oxygens (including phenoxy) is 1. The Labute approximate surface area is 128 Å². The molecule has 0 fully saturated rings. The van der Waals surface area contributed by atoms with Crippen LogP contribution in [-0.2, 0) is 16.6 Å². The predicted molar refractivity (Wildman–Crippen MR) is 84.8 cm³/mol. The topological polar surface area (TPSA) is 72.6 Å². The lowest BCUT2D eigenvalue weighted by Gasteiger charge is -2.26. The van der Waals surface area contributed by atoms with Gasteiger partial charge in [-0.25, -0.2) is 8.42 Å². The molecule has 21 heavy (non-hydrogen) atoms. The molecular formula is C15H26N2O3S. The SMILES string of the molecule is COc1cc(CN)ccc1S(=O)(=O)N(C)C(C)CC(C)C. The van der Waals surface area contributed by atoms with Crippen LogP contribution in [0.15, 0.2) is 23.1 Å². The average molecular weight is 314 g/mol. The molecule has 1 atom stereocenters. The van der Waals surface area contributed by atoms with Crippen LogP contribution in [0.1, 0.15) is 32.8 Å². The minimum absolute atomic E-state index is 0.0751. The van der Waals surface area contributed by atoms with Crippen LogP contribution in [-0.4, -0.2) is 32.9 Å². The maximum Gasteiger partial charge on any atom is 0.246 e. The highest BCUT2D eigenvalue weighted by molar-refractivity contribution is 7.89. The zero-order valence-corrected chi connectivity index (χ0v) is 14.3. The van der Waals surface area contributed by atoms with E-state index in [1.54, 1.807) is 25.2 Å². The van der Waals surface area contributed by atoms with E-state index in [0.717, 1.165) is 12.0 Å². The molecule has 1 rings (SSSR count). The van der Waals surface area contributed by atoms with Gasteiger partial charge in [0, 0.05) is 19.6 Å². The van der Waals surface area contributed by atoms with Gasteiger partial charge in [0.15, 0.2) is 0 Å². The highest BCUT2D eigenvalue weighted by Gasteiger charge is 2.28. The van der Waals surface area contributed by atoms with E-state index in [0.29, 0.717) is 18.2 Å². The number of benzene rings is 1. The third-order valence-corrected chi connectivity index (χ3v) is 5.57. The van der Waals surface area contributed by atoms with Crippen molar-refractivity contribution in [2.24, 2.45) is 11.7 Å². The molecule has 0 aliphatic heterocycles. The Hall–Kier alpha value is -1.11. The van der Waals surface area contributed by atoms with Crippen molar-refractivity contribution in [3.8, 4) is 5.75 Å². The van der Waals surface area contributed by atoms with E-state index in [-0.39, 0.29) is 10.9 Å². The van der Waals surface area contributed by atoms with Gasteiger partial charge in [-0.1, -0.05) is 19.9 Å². The van der Waals surface area contributed by atoms with Crippen LogP contribution in [0, 0.1) is 5.92 Å². The Morgan fingerprint density at radius 1 is 1.29 bits per heavy atom. The first kappa shape index (κ1) is 17.9. The van der Waals surface area contributed by atoms with Crippen LogP contribution in [0.5, 0.6) is 5.75 Å². The van der Waals surface area contributed by atoms with Gasteiger partial charge in [0.25, 0.3) is 0 Å². The summed E-state index contributed by atoms with van der Waals surface area (Å²) in [6.45, 7) is 6.41. The second-order valence-corrected chi connectivity index (χ2v) is 7.66. The lowest BCUT2D eigenvalue weighted by molar-refractivity contribution is 0.335. The van der Waals surface area contributed by atoms with E-state index >= 15 is 0 Å². The average Bonchev–Trinajstić information content (AvgIpc) is 2.44. The summed E-state index contributed by atoms with van der Waals surface area (Å²) in [5, 5.41) is 0. The van der Waals surface area contributed by atoms with Crippen LogP contribution in [0.2, 0.25) is 0 Å². The number of nitrogens with zero attached hydrogens (tertiary/aromatic N) is 1. The summed E-state index contributed by atoms with van der Waals surface area (Å²) in [7, 11) is -0.510. The van der Waals surface area contributed by atoms with Crippen LogP contribution in [0.3, 0.4) is 0 Å². The van der Waals surface area contributed by atoms with Gasteiger partial charge in [-0.15, -0.1) is 0 Å². The second-order valence-electron chi connectivity index (χ2n) is 5.69. The smallest absolute Gasteiger partial charge is 0.246 e. The molecule has 0 heterocycles. The zero-order chi connectivity index (χ0) is 16.2. The van der Waals surface area contributed by atoms with E-state index in [1.807, 2.05) is 6.92 Å². The first-order valence-electron chi connectivity index (χ1n) is 7.09. The number of hydrogen-bond donors (Lipinski definition) is 1. The minimum atomic E-state index is -3.58. The van der Waals surface area contributed by atoms with Gasteiger partial charge in [-0.2, -0.15) is 4.31 Å². The molecule has 120 valence electrons. The number of nitrogens with two attached hydrogens (primary N) is 1. The molecule has 0 radical (unpaired) electrons. The molecule has 5 nitrogen and oxygen atoms in total. The Morgan fingerprint density at radius 2 is 1.90 bits per heavy atom. The van der Waals surface area contributed by atoms with E-state index < -0.39 is 10.0 Å². The third-order valence-electron chi connectivity index (χ3n) is 3.55. The minimum Gasteiger partial charge on any atom is -0.495 e. The van der Waals surface area contributed by atoms with E-state index in [4.69, 9.17) is 10.5 Å². The fraction of sp³-hybridized carbons (Fsp3) is 0.600. The maximum atomic E-state index is 12.7. The van der Waals surface area contributed by atoms with Crippen molar-refractivity contribution in [3.05, 3.63) is 23.8 Å². The van der Waals surface area contributed by atoms with Gasteiger partial charge in [0.05, 0.1) is 7.11 Å². The summed E-state index contributed by atoms with van der Waals surface area (Å²) >= 11 is 0.